The normalized spacial score (nSPS) is 22.6. The molecule has 8 heteroatoms. The van der Waals surface area contributed by atoms with E-state index in [4.69, 9.17) is 14.6 Å². The Morgan fingerprint density at radius 2 is 1.96 bits per heavy atom. The number of nitrogens with one attached hydrogen (secondary N) is 2. The first-order valence-electron chi connectivity index (χ1n) is 8.81. The highest BCUT2D eigenvalue weighted by Gasteiger charge is 2.35. The molecule has 3 N–H and O–H groups in total. The molecule has 1 fully saturated rings. The van der Waals surface area contributed by atoms with Crippen LogP contribution in [0.5, 0.6) is 11.5 Å². The maximum atomic E-state index is 12.2. The first kappa shape index (κ1) is 18.3. The lowest BCUT2D eigenvalue weighted by atomic mass is 9.85. The molecule has 2 amide bonds. The van der Waals surface area contributed by atoms with Crippen LogP contribution < -0.4 is 20.1 Å². The van der Waals surface area contributed by atoms with Crippen molar-refractivity contribution in [3.63, 3.8) is 0 Å². The minimum atomic E-state index is -0.827. The van der Waals surface area contributed by atoms with Gasteiger partial charge in [-0.1, -0.05) is 6.92 Å². The number of carbonyl (C=O) groups excluding carboxylic acids is 1. The maximum Gasteiger partial charge on any atom is 0.319 e. The van der Waals surface area contributed by atoms with Gasteiger partial charge >= 0.3 is 12.0 Å². The first-order chi connectivity index (χ1) is 12.3. The number of rotatable bonds is 6. The molecule has 0 radical (unpaired) electrons. The average Bonchev–Trinajstić information content (AvgIpc) is 2.81. The van der Waals surface area contributed by atoms with E-state index in [1.165, 1.54) is 0 Å². The molecule has 0 aromatic heterocycles. The molecule has 2 aliphatic rings. The van der Waals surface area contributed by atoms with Gasteiger partial charge in [0.05, 0.1) is 6.54 Å². The highest BCUT2D eigenvalue weighted by molar-refractivity contribution is 5.90. The first-order valence-corrected chi connectivity index (χ1v) is 8.81. The van der Waals surface area contributed by atoms with E-state index in [2.05, 4.69) is 10.6 Å². The van der Waals surface area contributed by atoms with E-state index < -0.39 is 11.8 Å². The monoisotopic (exact) mass is 363 g/mol. The molecule has 26 heavy (non-hydrogen) atoms. The van der Waals surface area contributed by atoms with Crippen molar-refractivity contribution in [3.8, 4) is 11.5 Å². The van der Waals surface area contributed by atoms with Crippen molar-refractivity contribution in [3.05, 3.63) is 18.2 Å². The summed E-state index contributed by atoms with van der Waals surface area (Å²) in [6.07, 6.45) is 1.51. The Balaban J connectivity index is 1.47. The second-order valence-electron chi connectivity index (χ2n) is 7.14. The summed E-state index contributed by atoms with van der Waals surface area (Å²) in [5.74, 6) is -0.276. The fraction of sp³-hybridized carbons (Fsp3) is 0.556. The van der Waals surface area contributed by atoms with Crippen LogP contribution in [0.1, 0.15) is 33.6 Å². The van der Waals surface area contributed by atoms with E-state index in [1.54, 1.807) is 18.2 Å². The van der Waals surface area contributed by atoms with Gasteiger partial charge in [-0.15, -0.1) is 0 Å². The third-order valence-electron chi connectivity index (χ3n) is 4.62. The zero-order valence-corrected chi connectivity index (χ0v) is 15.2. The lowest BCUT2D eigenvalue weighted by Crippen LogP contribution is -2.55. The summed E-state index contributed by atoms with van der Waals surface area (Å²) in [6.45, 7) is 6.31. The molecule has 1 heterocycles. The third-order valence-corrected chi connectivity index (χ3v) is 4.62. The number of aliphatic carboxylic acids is 1. The minimum Gasteiger partial charge on any atom is -0.480 e. The molecule has 1 saturated carbocycles. The number of anilines is 1. The molecule has 0 spiro atoms. The van der Waals surface area contributed by atoms with Crippen LogP contribution in [0.15, 0.2) is 18.2 Å². The summed E-state index contributed by atoms with van der Waals surface area (Å²) in [5.41, 5.74) is 0.625. The molecular formula is C18H25N3O5. The van der Waals surface area contributed by atoms with Gasteiger partial charge in [0.1, 0.15) is 0 Å². The number of carboxylic acid groups (broad SMARTS) is 1. The van der Waals surface area contributed by atoms with Crippen LogP contribution >= 0.6 is 0 Å². The molecule has 142 valence electrons. The lowest BCUT2D eigenvalue weighted by molar-refractivity contribution is -0.139. The number of nitrogens with zero attached hydrogens (tertiary/aromatic N) is 1. The molecule has 0 saturated heterocycles. The fourth-order valence-electron chi connectivity index (χ4n) is 3.33. The third kappa shape index (κ3) is 4.19. The van der Waals surface area contributed by atoms with Gasteiger partial charge in [0.2, 0.25) is 5.79 Å². The minimum absolute atomic E-state index is 0.0353. The molecule has 1 aliphatic heterocycles. The van der Waals surface area contributed by atoms with Crippen molar-refractivity contribution in [2.45, 2.75) is 51.5 Å². The van der Waals surface area contributed by atoms with E-state index in [0.717, 1.165) is 12.8 Å². The SMILES string of the molecule is CCN(CC(=O)O)C1CC(NC(=O)Nc2ccc3c(c2)OC(C)(C)O3)C1. The number of carboxylic acids is 1. The van der Waals surface area contributed by atoms with E-state index in [-0.39, 0.29) is 24.7 Å². The van der Waals surface area contributed by atoms with Gasteiger partial charge in [-0.25, -0.2) is 4.79 Å². The standard InChI is InChI=1S/C18H25N3O5/c1-4-21(10-16(22)23)13-7-12(8-13)20-17(24)19-11-5-6-14-15(9-11)26-18(2,3)25-14/h5-6,9,12-13H,4,7-8,10H2,1-3H3,(H,22,23)(H2,19,20,24). The van der Waals surface area contributed by atoms with Gasteiger partial charge in [0.25, 0.3) is 0 Å². The molecule has 3 rings (SSSR count). The summed E-state index contributed by atoms with van der Waals surface area (Å²) < 4.78 is 11.3. The van der Waals surface area contributed by atoms with E-state index in [1.807, 2.05) is 25.7 Å². The fourth-order valence-corrected chi connectivity index (χ4v) is 3.33. The summed E-state index contributed by atoms with van der Waals surface area (Å²) in [5, 5.41) is 14.6. The predicted octanol–water partition coefficient (Wildman–Crippen LogP) is 2.25. The van der Waals surface area contributed by atoms with Gasteiger partial charge in [0.15, 0.2) is 11.5 Å². The molecule has 0 atom stereocenters. The molecule has 1 aromatic carbocycles. The van der Waals surface area contributed by atoms with Crippen LogP contribution in [0, 0.1) is 0 Å². The Labute approximate surface area is 152 Å². The van der Waals surface area contributed by atoms with Gasteiger partial charge in [0, 0.05) is 37.7 Å². The number of urea groups is 1. The summed E-state index contributed by atoms with van der Waals surface area (Å²) >= 11 is 0. The van der Waals surface area contributed by atoms with Crippen LogP contribution in [0.2, 0.25) is 0 Å². The van der Waals surface area contributed by atoms with E-state index in [9.17, 15) is 9.59 Å². The maximum absolute atomic E-state index is 12.2. The highest BCUT2D eigenvalue weighted by atomic mass is 16.7. The van der Waals surface area contributed by atoms with Crippen LogP contribution in [0.25, 0.3) is 0 Å². The Hall–Kier alpha value is -2.48. The number of hydrogen-bond donors (Lipinski definition) is 3. The summed E-state index contributed by atoms with van der Waals surface area (Å²) in [4.78, 5) is 24.9. The summed E-state index contributed by atoms with van der Waals surface area (Å²) in [6, 6.07) is 5.24. The Morgan fingerprint density at radius 1 is 1.27 bits per heavy atom. The second-order valence-corrected chi connectivity index (χ2v) is 7.14. The largest absolute Gasteiger partial charge is 0.480 e. The molecule has 8 nitrogen and oxygen atoms in total. The zero-order valence-electron chi connectivity index (χ0n) is 15.2. The second kappa shape index (κ2) is 7.03. The number of benzene rings is 1. The Bertz CT molecular complexity index is 700. The summed E-state index contributed by atoms with van der Waals surface area (Å²) in [7, 11) is 0. The van der Waals surface area contributed by atoms with Crippen molar-refractivity contribution in [2.75, 3.05) is 18.4 Å². The van der Waals surface area contributed by atoms with Gasteiger partial charge < -0.3 is 25.2 Å². The van der Waals surface area contributed by atoms with E-state index >= 15 is 0 Å². The van der Waals surface area contributed by atoms with Crippen molar-refractivity contribution in [2.24, 2.45) is 0 Å². The van der Waals surface area contributed by atoms with Crippen molar-refractivity contribution >= 4 is 17.7 Å². The number of hydrogen-bond acceptors (Lipinski definition) is 5. The molecular weight excluding hydrogens is 338 g/mol. The van der Waals surface area contributed by atoms with Gasteiger partial charge in [-0.3, -0.25) is 9.69 Å². The van der Waals surface area contributed by atoms with E-state index in [0.29, 0.717) is 23.7 Å². The van der Waals surface area contributed by atoms with Crippen LogP contribution in [-0.4, -0.2) is 53.0 Å². The van der Waals surface area contributed by atoms with Gasteiger partial charge in [-0.05, 0) is 31.5 Å². The van der Waals surface area contributed by atoms with Crippen LogP contribution in [-0.2, 0) is 4.79 Å². The van der Waals surface area contributed by atoms with Crippen LogP contribution in [0.3, 0.4) is 0 Å². The number of carbonyl (C=O) groups is 2. The molecule has 1 aliphatic carbocycles. The molecule has 0 bridgehead atoms. The molecule has 1 aromatic rings. The topological polar surface area (TPSA) is 100 Å². The van der Waals surface area contributed by atoms with Crippen molar-refractivity contribution in [1.82, 2.24) is 10.2 Å². The Morgan fingerprint density at radius 3 is 2.62 bits per heavy atom. The van der Waals surface area contributed by atoms with Crippen LogP contribution in [0.4, 0.5) is 10.5 Å². The number of likely N-dealkylation sites (N-methyl/N-ethyl adjacent to an activating group) is 1. The smallest absolute Gasteiger partial charge is 0.319 e. The molecule has 0 unspecified atom stereocenters. The highest BCUT2D eigenvalue weighted by Crippen LogP contribution is 2.40. The number of fused-ring (bicyclic) bond motifs is 1. The zero-order chi connectivity index (χ0) is 18.9. The Kier molecular flexibility index (Phi) is 4.95. The lowest BCUT2D eigenvalue weighted by Gasteiger charge is -2.42. The number of ether oxygens (including phenoxy) is 2. The van der Waals surface area contributed by atoms with Gasteiger partial charge in [-0.2, -0.15) is 0 Å². The van der Waals surface area contributed by atoms with Crippen molar-refractivity contribution < 1.29 is 24.2 Å². The quantitative estimate of drug-likeness (QED) is 0.717. The average molecular weight is 363 g/mol. The predicted molar refractivity (Wildman–Crippen MR) is 95.6 cm³/mol. The number of amides is 2. The van der Waals surface area contributed by atoms with Crippen molar-refractivity contribution in [1.29, 1.82) is 0 Å².